The van der Waals surface area contributed by atoms with Crippen molar-refractivity contribution in [2.75, 3.05) is 11.9 Å². The van der Waals surface area contributed by atoms with Crippen molar-refractivity contribution in [3.8, 4) is 0 Å². The lowest BCUT2D eigenvalue weighted by atomic mass is 10.2. The van der Waals surface area contributed by atoms with E-state index in [1.165, 1.54) is 6.07 Å². The molecule has 0 spiro atoms. The van der Waals surface area contributed by atoms with Crippen molar-refractivity contribution in [2.24, 2.45) is 0 Å². The Labute approximate surface area is 143 Å². The smallest absolute Gasteiger partial charge is 0.349 e. The number of rotatable bonds is 4. The van der Waals surface area contributed by atoms with E-state index in [2.05, 4.69) is 10.4 Å². The summed E-state index contributed by atoms with van der Waals surface area (Å²) in [7, 11) is 0. The summed E-state index contributed by atoms with van der Waals surface area (Å²) in [5.74, 6) is -0.517. The zero-order chi connectivity index (χ0) is 17.2. The molecular formula is C18H17N3O4. The Morgan fingerprint density at radius 1 is 1.36 bits per heavy atom. The van der Waals surface area contributed by atoms with Gasteiger partial charge in [0.1, 0.15) is 11.1 Å². The molecule has 25 heavy (non-hydrogen) atoms. The van der Waals surface area contributed by atoms with Crippen molar-refractivity contribution in [3.05, 3.63) is 58.7 Å². The average molecular weight is 339 g/mol. The Bertz CT molecular complexity index is 970. The van der Waals surface area contributed by atoms with Gasteiger partial charge in [-0.3, -0.25) is 9.48 Å². The standard InChI is InChI=1S/C18H17N3O4/c22-17(15-8-12-4-1-2-6-16(12)25-18(15)23)20-13-9-19-21(10-13)11-14-5-3-7-24-14/h1-2,4,6,8-10,14H,3,5,7,11H2,(H,20,22). The first-order chi connectivity index (χ1) is 12.2. The second-order valence-corrected chi connectivity index (χ2v) is 6.03. The molecular weight excluding hydrogens is 322 g/mol. The maximum absolute atomic E-state index is 12.4. The zero-order valence-corrected chi connectivity index (χ0v) is 13.5. The summed E-state index contributed by atoms with van der Waals surface area (Å²) < 4.78 is 12.5. The maximum atomic E-state index is 12.4. The lowest BCUT2D eigenvalue weighted by Gasteiger charge is -2.08. The summed E-state index contributed by atoms with van der Waals surface area (Å²) in [4.78, 5) is 24.4. The third-order valence-electron chi connectivity index (χ3n) is 4.19. The third-order valence-corrected chi connectivity index (χ3v) is 4.19. The number of hydrogen-bond donors (Lipinski definition) is 1. The number of nitrogens with zero attached hydrogens (tertiary/aromatic N) is 2. The number of carbonyl (C=O) groups is 1. The van der Waals surface area contributed by atoms with Crippen LogP contribution in [0.5, 0.6) is 0 Å². The van der Waals surface area contributed by atoms with Crippen LogP contribution in [-0.2, 0) is 11.3 Å². The maximum Gasteiger partial charge on any atom is 0.349 e. The van der Waals surface area contributed by atoms with Crippen LogP contribution in [0.2, 0.25) is 0 Å². The van der Waals surface area contributed by atoms with Crippen LogP contribution in [0.3, 0.4) is 0 Å². The normalized spacial score (nSPS) is 17.0. The van der Waals surface area contributed by atoms with Gasteiger partial charge >= 0.3 is 5.63 Å². The molecule has 7 heteroatoms. The predicted molar refractivity (Wildman–Crippen MR) is 91.6 cm³/mol. The number of anilines is 1. The molecule has 0 aliphatic carbocycles. The van der Waals surface area contributed by atoms with Gasteiger partial charge in [0, 0.05) is 18.2 Å². The fourth-order valence-corrected chi connectivity index (χ4v) is 2.94. The van der Waals surface area contributed by atoms with Crippen molar-refractivity contribution in [3.63, 3.8) is 0 Å². The van der Waals surface area contributed by atoms with Crippen LogP contribution in [0, 0.1) is 0 Å². The third kappa shape index (κ3) is 3.32. The molecule has 0 bridgehead atoms. The number of benzene rings is 1. The monoisotopic (exact) mass is 339 g/mol. The molecule has 1 saturated heterocycles. The molecule has 1 amide bonds. The van der Waals surface area contributed by atoms with Gasteiger partial charge in [-0.05, 0) is 25.0 Å². The van der Waals surface area contributed by atoms with Gasteiger partial charge in [0.25, 0.3) is 5.91 Å². The molecule has 1 unspecified atom stereocenters. The van der Waals surface area contributed by atoms with E-state index in [1.54, 1.807) is 35.3 Å². The molecule has 3 aromatic rings. The zero-order valence-electron chi connectivity index (χ0n) is 13.5. The van der Waals surface area contributed by atoms with E-state index in [1.807, 2.05) is 6.07 Å². The number of amides is 1. The topological polar surface area (TPSA) is 86.4 Å². The van der Waals surface area contributed by atoms with E-state index in [4.69, 9.17) is 9.15 Å². The summed E-state index contributed by atoms with van der Waals surface area (Å²) in [5, 5.41) is 7.60. The summed E-state index contributed by atoms with van der Waals surface area (Å²) >= 11 is 0. The first-order valence-corrected chi connectivity index (χ1v) is 8.17. The molecule has 1 aromatic carbocycles. The summed E-state index contributed by atoms with van der Waals surface area (Å²) in [6.45, 7) is 1.43. The minimum Gasteiger partial charge on any atom is -0.422 e. The van der Waals surface area contributed by atoms with Crippen molar-refractivity contribution >= 4 is 22.6 Å². The van der Waals surface area contributed by atoms with E-state index in [0.29, 0.717) is 23.2 Å². The molecule has 1 aliphatic rings. The van der Waals surface area contributed by atoms with Crippen molar-refractivity contribution in [1.29, 1.82) is 0 Å². The second-order valence-electron chi connectivity index (χ2n) is 6.03. The van der Waals surface area contributed by atoms with Crippen LogP contribution in [0.25, 0.3) is 11.0 Å². The number of para-hydroxylation sites is 1. The lowest BCUT2D eigenvalue weighted by Crippen LogP contribution is -2.20. The lowest BCUT2D eigenvalue weighted by molar-refractivity contribution is 0.0940. The Balaban J connectivity index is 1.51. The van der Waals surface area contributed by atoms with E-state index in [-0.39, 0.29) is 11.7 Å². The predicted octanol–water partition coefficient (Wildman–Crippen LogP) is 2.42. The van der Waals surface area contributed by atoms with E-state index >= 15 is 0 Å². The molecule has 128 valence electrons. The molecule has 3 heterocycles. The molecule has 7 nitrogen and oxygen atoms in total. The number of hydrogen-bond acceptors (Lipinski definition) is 5. The molecule has 4 rings (SSSR count). The van der Waals surface area contributed by atoms with Gasteiger partial charge < -0.3 is 14.5 Å². The van der Waals surface area contributed by atoms with Gasteiger partial charge in [0.05, 0.1) is 24.5 Å². The van der Waals surface area contributed by atoms with Gasteiger partial charge in [-0.2, -0.15) is 5.10 Å². The van der Waals surface area contributed by atoms with Gasteiger partial charge in [0.2, 0.25) is 0 Å². The molecule has 1 atom stereocenters. The molecule has 1 fully saturated rings. The number of nitrogens with one attached hydrogen (secondary N) is 1. The fraction of sp³-hybridized carbons (Fsp3) is 0.278. The highest BCUT2D eigenvalue weighted by Gasteiger charge is 2.18. The highest BCUT2D eigenvalue weighted by Crippen LogP contribution is 2.16. The van der Waals surface area contributed by atoms with Crippen molar-refractivity contribution in [2.45, 2.75) is 25.5 Å². The van der Waals surface area contributed by atoms with E-state index < -0.39 is 11.5 Å². The number of ether oxygens (including phenoxy) is 1. The molecule has 2 aromatic heterocycles. The van der Waals surface area contributed by atoms with Crippen LogP contribution in [0.1, 0.15) is 23.2 Å². The summed E-state index contributed by atoms with van der Waals surface area (Å²) in [5.41, 5.74) is 0.275. The van der Waals surface area contributed by atoms with Gasteiger partial charge in [0.15, 0.2) is 0 Å². The highest BCUT2D eigenvalue weighted by atomic mass is 16.5. The summed E-state index contributed by atoms with van der Waals surface area (Å²) in [6.07, 6.45) is 5.51. The van der Waals surface area contributed by atoms with Crippen LogP contribution < -0.4 is 10.9 Å². The summed E-state index contributed by atoms with van der Waals surface area (Å²) in [6, 6.07) is 8.60. The Morgan fingerprint density at radius 3 is 3.08 bits per heavy atom. The second kappa shape index (κ2) is 6.52. The Hall–Kier alpha value is -2.93. The average Bonchev–Trinajstić information content (AvgIpc) is 3.27. The van der Waals surface area contributed by atoms with E-state index in [0.717, 1.165) is 19.4 Å². The van der Waals surface area contributed by atoms with E-state index in [9.17, 15) is 9.59 Å². The Kier molecular flexibility index (Phi) is 4.07. The minimum atomic E-state index is -0.664. The largest absolute Gasteiger partial charge is 0.422 e. The van der Waals surface area contributed by atoms with Crippen LogP contribution >= 0.6 is 0 Å². The number of carbonyl (C=O) groups excluding carboxylic acids is 1. The number of aromatic nitrogens is 2. The molecule has 0 radical (unpaired) electrons. The van der Waals surface area contributed by atoms with Crippen LogP contribution in [0.4, 0.5) is 5.69 Å². The minimum absolute atomic E-state index is 0.0365. The van der Waals surface area contributed by atoms with Crippen molar-refractivity contribution < 1.29 is 13.9 Å². The first-order valence-electron chi connectivity index (χ1n) is 8.17. The molecule has 1 aliphatic heterocycles. The number of fused-ring (bicyclic) bond motifs is 1. The van der Waals surface area contributed by atoms with Gasteiger partial charge in [-0.1, -0.05) is 18.2 Å². The van der Waals surface area contributed by atoms with Gasteiger partial charge in [-0.15, -0.1) is 0 Å². The SMILES string of the molecule is O=C(Nc1cnn(CC2CCCO2)c1)c1cc2ccccc2oc1=O. The fourth-order valence-electron chi connectivity index (χ4n) is 2.94. The van der Waals surface area contributed by atoms with Crippen molar-refractivity contribution in [1.82, 2.24) is 9.78 Å². The molecule has 1 N–H and O–H groups in total. The molecule has 0 saturated carbocycles. The van der Waals surface area contributed by atoms with Gasteiger partial charge in [-0.25, -0.2) is 4.79 Å². The quantitative estimate of drug-likeness (QED) is 0.738. The Morgan fingerprint density at radius 2 is 2.24 bits per heavy atom. The first kappa shape index (κ1) is 15.6. The van der Waals surface area contributed by atoms with Crippen LogP contribution in [0.15, 0.2) is 51.9 Å². The highest BCUT2D eigenvalue weighted by molar-refractivity contribution is 6.05. The van der Waals surface area contributed by atoms with Crippen LogP contribution in [-0.4, -0.2) is 28.4 Å².